The van der Waals surface area contributed by atoms with Crippen LogP contribution in [0, 0.1) is 0 Å². The number of carbonyl (C=O) groups excluding carboxylic acids is 1. The van der Waals surface area contributed by atoms with Crippen molar-refractivity contribution < 1.29 is 24.2 Å². The zero-order valence-electron chi connectivity index (χ0n) is 12.9. The minimum absolute atomic E-state index is 0.00322. The summed E-state index contributed by atoms with van der Waals surface area (Å²) < 4.78 is 11.3. The fraction of sp³-hybridized carbons (Fsp3) is 0.529. The van der Waals surface area contributed by atoms with Crippen LogP contribution >= 0.6 is 0 Å². The zero-order valence-corrected chi connectivity index (χ0v) is 12.9. The van der Waals surface area contributed by atoms with Crippen molar-refractivity contribution in [1.82, 2.24) is 4.90 Å². The van der Waals surface area contributed by atoms with Gasteiger partial charge in [-0.25, -0.2) is 0 Å². The van der Waals surface area contributed by atoms with Crippen LogP contribution in [0.15, 0.2) is 24.3 Å². The SMILES string of the molecule is O=C(O)CCN(C[C@@H]1CCCO1)C(=O)[C@@H]1Cc2ccccc2O1. The highest BCUT2D eigenvalue weighted by Gasteiger charge is 2.33. The maximum Gasteiger partial charge on any atom is 0.305 e. The topological polar surface area (TPSA) is 76.1 Å². The van der Waals surface area contributed by atoms with Crippen LogP contribution in [0.2, 0.25) is 0 Å². The highest BCUT2D eigenvalue weighted by Crippen LogP contribution is 2.29. The van der Waals surface area contributed by atoms with E-state index in [4.69, 9.17) is 14.6 Å². The van der Waals surface area contributed by atoms with E-state index in [9.17, 15) is 9.59 Å². The standard InChI is InChI=1S/C17H21NO5/c19-16(20)7-8-18(11-13-5-3-9-22-13)17(21)15-10-12-4-1-2-6-14(12)23-15/h1-2,4,6,13,15H,3,5,7-11H2,(H,19,20)/t13-,15-/m0/s1. The lowest BCUT2D eigenvalue weighted by atomic mass is 10.1. The number of para-hydroxylation sites is 1. The van der Waals surface area contributed by atoms with Gasteiger partial charge < -0.3 is 19.5 Å². The molecule has 3 rings (SSSR count). The van der Waals surface area contributed by atoms with Crippen LogP contribution in [0.25, 0.3) is 0 Å². The van der Waals surface area contributed by atoms with E-state index in [1.54, 1.807) is 4.90 Å². The summed E-state index contributed by atoms with van der Waals surface area (Å²) in [5.41, 5.74) is 1.01. The second-order valence-corrected chi connectivity index (χ2v) is 5.98. The molecule has 0 bridgehead atoms. The van der Waals surface area contributed by atoms with Crippen molar-refractivity contribution in [2.45, 2.75) is 37.9 Å². The van der Waals surface area contributed by atoms with Crippen LogP contribution in [-0.2, 0) is 20.7 Å². The van der Waals surface area contributed by atoms with Gasteiger partial charge in [0.1, 0.15) is 5.75 Å². The summed E-state index contributed by atoms with van der Waals surface area (Å²) in [5.74, 6) is -0.329. The average molecular weight is 319 g/mol. The monoisotopic (exact) mass is 319 g/mol. The normalized spacial score (nSPS) is 22.4. The Labute approximate surface area is 135 Å². The first-order valence-corrected chi connectivity index (χ1v) is 8.00. The Morgan fingerprint density at radius 1 is 1.30 bits per heavy atom. The van der Waals surface area contributed by atoms with Crippen LogP contribution in [0.4, 0.5) is 0 Å². The number of hydrogen-bond acceptors (Lipinski definition) is 4. The minimum atomic E-state index is -0.911. The number of hydrogen-bond donors (Lipinski definition) is 1. The van der Waals surface area contributed by atoms with Gasteiger partial charge in [-0.2, -0.15) is 0 Å². The number of amides is 1. The van der Waals surface area contributed by atoms with Gasteiger partial charge in [0.25, 0.3) is 5.91 Å². The van der Waals surface area contributed by atoms with Gasteiger partial charge in [0.2, 0.25) is 0 Å². The van der Waals surface area contributed by atoms with E-state index in [0.29, 0.717) is 19.6 Å². The molecule has 1 fully saturated rings. The lowest BCUT2D eigenvalue weighted by Gasteiger charge is -2.27. The van der Waals surface area contributed by atoms with E-state index < -0.39 is 12.1 Å². The van der Waals surface area contributed by atoms with Gasteiger partial charge in [-0.05, 0) is 24.5 Å². The smallest absolute Gasteiger partial charge is 0.305 e. The first kappa shape index (κ1) is 15.8. The molecule has 0 spiro atoms. The van der Waals surface area contributed by atoms with Gasteiger partial charge in [-0.1, -0.05) is 18.2 Å². The molecule has 0 saturated carbocycles. The van der Waals surface area contributed by atoms with Crippen molar-refractivity contribution in [3.05, 3.63) is 29.8 Å². The second-order valence-electron chi connectivity index (χ2n) is 5.98. The third-order valence-corrected chi connectivity index (χ3v) is 4.28. The summed E-state index contributed by atoms with van der Waals surface area (Å²) in [6, 6.07) is 7.60. The van der Waals surface area contributed by atoms with Gasteiger partial charge in [-0.3, -0.25) is 9.59 Å². The molecule has 2 aliphatic heterocycles. The lowest BCUT2D eigenvalue weighted by molar-refractivity contribution is -0.142. The van der Waals surface area contributed by atoms with Crippen molar-refractivity contribution in [2.24, 2.45) is 0 Å². The number of carboxylic acids is 1. The van der Waals surface area contributed by atoms with Crippen molar-refractivity contribution in [2.75, 3.05) is 19.7 Å². The molecule has 23 heavy (non-hydrogen) atoms. The molecule has 1 aromatic carbocycles. The Morgan fingerprint density at radius 2 is 2.13 bits per heavy atom. The quantitative estimate of drug-likeness (QED) is 0.859. The molecular weight excluding hydrogens is 298 g/mol. The number of benzene rings is 1. The van der Waals surface area contributed by atoms with Gasteiger partial charge in [0, 0.05) is 26.1 Å². The highest BCUT2D eigenvalue weighted by molar-refractivity contribution is 5.83. The molecule has 2 atom stereocenters. The van der Waals surface area contributed by atoms with Crippen molar-refractivity contribution in [1.29, 1.82) is 0 Å². The molecular formula is C17H21NO5. The van der Waals surface area contributed by atoms with Gasteiger partial charge in [-0.15, -0.1) is 0 Å². The molecule has 0 aromatic heterocycles. The molecule has 1 amide bonds. The molecule has 6 nitrogen and oxygen atoms in total. The second kappa shape index (κ2) is 7.00. The third kappa shape index (κ3) is 3.82. The number of nitrogens with zero attached hydrogens (tertiary/aromatic N) is 1. The maximum absolute atomic E-state index is 12.8. The third-order valence-electron chi connectivity index (χ3n) is 4.28. The highest BCUT2D eigenvalue weighted by atomic mass is 16.5. The molecule has 124 valence electrons. The van der Waals surface area contributed by atoms with E-state index in [1.807, 2.05) is 24.3 Å². The van der Waals surface area contributed by atoms with E-state index in [2.05, 4.69) is 0 Å². The summed E-state index contributed by atoms with van der Waals surface area (Å²) in [6.07, 6.45) is 1.78. The summed E-state index contributed by atoms with van der Waals surface area (Å²) in [5, 5.41) is 8.91. The zero-order chi connectivity index (χ0) is 16.2. The molecule has 2 aliphatic rings. The Bertz CT molecular complexity index is 557. The number of carboxylic acid groups (broad SMARTS) is 1. The summed E-state index contributed by atoms with van der Waals surface area (Å²) >= 11 is 0. The molecule has 2 heterocycles. The molecule has 1 saturated heterocycles. The predicted octanol–water partition coefficient (Wildman–Crippen LogP) is 1.47. The first-order chi connectivity index (χ1) is 11.1. The summed E-state index contributed by atoms with van der Waals surface area (Å²) in [6.45, 7) is 1.32. The Kier molecular flexibility index (Phi) is 4.81. The van der Waals surface area contributed by atoms with Crippen LogP contribution in [0.3, 0.4) is 0 Å². The molecule has 1 aromatic rings. The van der Waals surface area contributed by atoms with E-state index >= 15 is 0 Å². The van der Waals surface area contributed by atoms with Gasteiger partial charge >= 0.3 is 5.97 Å². The molecule has 0 unspecified atom stereocenters. The van der Waals surface area contributed by atoms with Crippen molar-refractivity contribution in [3.8, 4) is 5.75 Å². The number of fused-ring (bicyclic) bond motifs is 1. The largest absolute Gasteiger partial charge is 0.481 e. The predicted molar refractivity (Wildman–Crippen MR) is 82.4 cm³/mol. The molecule has 6 heteroatoms. The summed E-state index contributed by atoms with van der Waals surface area (Å²) in [7, 11) is 0. The molecule has 0 aliphatic carbocycles. The van der Waals surface area contributed by atoms with Crippen molar-refractivity contribution >= 4 is 11.9 Å². The molecule has 1 N–H and O–H groups in total. The van der Waals surface area contributed by atoms with Crippen LogP contribution in [-0.4, -0.2) is 53.8 Å². The number of ether oxygens (including phenoxy) is 2. The Morgan fingerprint density at radius 3 is 2.83 bits per heavy atom. The number of carbonyl (C=O) groups is 2. The Balaban J connectivity index is 1.65. The average Bonchev–Trinajstić information content (AvgIpc) is 3.19. The number of aliphatic carboxylic acids is 1. The van der Waals surface area contributed by atoms with E-state index in [0.717, 1.165) is 24.2 Å². The van der Waals surface area contributed by atoms with Gasteiger partial charge in [0.05, 0.1) is 12.5 Å². The van der Waals surface area contributed by atoms with E-state index in [-0.39, 0.29) is 25.0 Å². The maximum atomic E-state index is 12.8. The van der Waals surface area contributed by atoms with Crippen LogP contribution in [0.5, 0.6) is 5.75 Å². The number of rotatable bonds is 6. The Hall–Kier alpha value is -2.08. The van der Waals surface area contributed by atoms with Crippen molar-refractivity contribution in [3.63, 3.8) is 0 Å². The van der Waals surface area contributed by atoms with Crippen LogP contribution < -0.4 is 4.74 Å². The fourth-order valence-corrected chi connectivity index (χ4v) is 3.08. The lowest BCUT2D eigenvalue weighted by Crippen LogP contribution is -2.45. The van der Waals surface area contributed by atoms with Gasteiger partial charge in [0.15, 0.2) is 6.10 Å². The minimum Gasteiger partial charge on any atom is -0.481 e. The van der Waals surface area contributed by atoms with Crippen LogP contribution in [0.1, 0.15) is 24.8 Å². The van der Waals surface area contributed by atoms with E-state index in [1.165, 1.54) is 0 Å². The fourth-order valence-electron chi connectivity index (χ4n) is 3.08. The molecule has 0 radical (unpaired) electrons. The summed E-state index contributed by atoms with van der Waals surface area (Å²) in [4.78, 5) is 25.2. The first-order valence-electron chi connectivity index (χ1n) is 8.00.